The van der Waals surface area contributed by atoms with Crippen LogP contribution in [-0.2, 0) is 0 Å². The Kier molecular flexibility index (Phi) is 5.15. The van der Waals surface area contributed by atoms with Crippen LogP contribution in [0.2, 0.25) is 0 Å². The van der Waals surface area contributed by atoms with Crippen molar-refractivity contribution in [1.29, 1.82) is 0 Å². The lowest BCUT2D eigenvalue weighted by atomic mass is 9.95. The van der Waals surface area contributed by atoms with Gasteiger partial charge in [0.15, 0.2) is 0 Å². The quantitative estimate of drug-likeness (QED) is 0.427. The number of hydrogen-bond acceptors (Lipinski definition) is 2. The van der Waals surface area contributed by atoms with E-state index in [9.17, 15) is 0 Å². The molecule has 0 spiro atoms. The molecule has 2 nitrogen and oxygen atoms in total. The standard InChI is InChI=1S/C28H24N2/c1-4-11-21(12-5-1)24-17-10-18-25(19-24)27-20-26(22-13-6-2-7-14-22)29-28(30-27)23-15-8-3-9-16-23/h1-20,27-30H. The molecule has 4 aromatic rings. The van der Waals surface area contributed by atoms with Crippen LogP contribution in [0, 0.1) is 0 Å². The van der Waals surface area contributed by atoms with E-state index in [-0.39, 0.29) is 12.2 Å². The zero-order chi connectivity index (χ0) is 20.2. The zero-order valence-corrected chi connectivity index (χ0v) is 16.7. The van der Waals surface area contributed by atoms with Gasteiger partial charge < -0.3 is 5.32 Å². The van der Waals surface area contributed by atoms with Crippen molar-refractivity contribution in [2.45, 2.75) is 12.2 Å². The fraction of sp³-hybridized carbons (Fsp3) is 0.0714. The van der Waals surface area contributed by atoms with Crippen LogP contribution in [0.3, 0.4) is 0 Å². The highest BCUT2D eigenvalue weighted by atomic mass is 15.2. The van der Waals surface area contributed by atoms with Gasteiger partial charge in [0.25, 0.3) is 0 Å². The molecule has 0 fully saturated rings. The third kappa shape index (κ3) is 3.91. The highest BCUT2D eigenvalue weighted by Crippen LogP contribution is 2.31. The van der Waals surface area contributed by atoms with E-state index in [1.165, 1.54) is 27.8 Å². The van der Waals surface area contributed by atoms with Gasteiger partial charge in [0.1, 0.15) is 6.17 Å². The molecule has 0 aliphatic carbocycles. The van der Waals surface area contributed by atoms with Crippen molar-refractivity contribution in [3.05, 3.63) is 138 Å². The summed E-state index contributed by atoms with van der Waals surface area (Å²) in [7, 11) is 0. The van der Waals surface area contributed by atoms with Gasteiger partial charge in [0.05, 0.1) is 6.04 Å². The molecule has 1 aliphatic heterocycles. The van der Waals surface area contributed by atoms with Gasteiger partial charge in [-0.3, -0.25) is 5.32 Å². The largest absolute Gasteiger partial charge is 0.366 e. The van der Waals surface area contributed by atoms with Gasteiger partial charge in [-0.25, -0.2) is 0 Å². The predicted molar refractivity (Wildman–Crippen MR) is 124 cm³/mol. The van der Waals surface area contributed by atoms with Crippen LogP contribution in [0.1, 0.15) is 28.9 Å². The minimum Gasteiger partial charge on any atom is -0.366 e. The summed E-state index contributed by atoms with van der Waals surface area (Å²) >= 11 is 0. The summed E-state index contributed by atoms with van der Waals surface area (Å²) in [5, 5.41) is 7.46. The second kappa shape index (κ2) is 8.40. The Morgan fingerprint density at radius 1 is 0.500 bits per heavy atom. The molecule has 1 aliphatic rings. The Hall–Kier alpha value is -3.62. The predicted octanol–water partition coefficient (Wildman–Crippen LogP) is 6.33. The van der Waals surface area contributed by atoms with Crippen molar-refractivity contribution in [3.63, 3.8) is 0 Å². The number of rotatable bonds is 4. The maximum absolute atomic E-state index is 3.78. The molecule has 0 radical (unpaired) electrons. The van der Waals surface area contributed by atoms with Crippen molar-refractivity contribution in [1.82, 2.24) is 10.6 Å². The Labute approximate surface area is 177 Å². The lowest BCUT2D eigenvalue weighted by Crippen LogP contribution is -2.39. The molecule has 0 bridgehead atoms. The molecular weight excluding hydrogens is 364 g/mol. The first-order valence-electron chi connectivity index (χ1n) is 10.4. The summed E-state index contributed by atoms with van der Waals surface area (Å²) in [6, 6.07) is 40.6. The van der Waals surface area contributed by atoms with Gasteiger partial charge in [-0.1, -0.05) is 109 Å². The minimum absolute atomic E-state index is 0.0387. The van der Waals surface area contributed by atoms with Crippen LogP contribution in [0.15, 0.2) is 121 Å². The molecule has 0 amide bonds. The summed E-state index contributed by atoms with van der Waals surface area (Å²) in [4.78, 5) is 0. The van der Waals surface area contributed by atoms with Crippen LogP contribution in [-0.4, -0.2) is 0 Å². The lowest BCUT2D eigenvalue weighted by molar-refractivity contribution is 0.443. The first-order valence-corrected chi connectivity index (χ1v) is 10.4. The molecule has 0 saturated heterocycles. The smallest absolute Gasteiger partial charge is 0.104 e. The molecule has 2 heteroatoms. The van der Waals surface area contributed by atoms with E-state index in [0.29, 0.717) is 0 Å². The van der Waals surface area contributed by atoms with E-state index in [1.54, 1.807) is 0 Å². The maximum atomic E-state index is 3.78. The van der Waals surface area contributed by atoms with Gasteiger partial charge >= 0.3 is 0 Å². The Balaban J connectivity index is 1.54. The Morgan fingerprint density at radius 2 is 1.07 bits per heavy atom. The molecule has 5 rings (SSSR count). The third-order valence-corrected chi connectivity index (χ3v) is 5.55. The van der Waals surface area contributed by atoms with E-state index in [1.807, 2.05) is 0 Å². The van der Waals surface area contributed by atoms with Gasteiger partial charge in [0, 0.05) is 5.70 Å². The van der Waals surface area contributed by atoms with Gasteiger partial charge in [-0.05, 0) is 40.0 Å². The number of nitrogens with one attached hydrogen (secondary N) is 2. The molecule has 1 heterocycles. The molecule has 30 heavy (non-hydrogen) atoms. The molecule has 2 unspecified atom stereocenters. The van der Waals surface area contributed by atoms with Gasteiger partial charge in [0.2, 0.25) is 0 Å². The lowest BCUT2D eigenvalue weighted by Gasteiger charge is -2.33. The Bertz CT molecular complexity index is 1130. The molecule has 2 N–H and O–H groups in total. The highest BCUT2D eigenvalue weighted by molar-refractivity contribution is 5.68. The van der Waals surface area contributed by atoms with Crippen LogP contribution >= 0.6 is 0 Å². The molecule has 2 atom stereocenters. The van der Waals surface area contributed by atoms with E-state index >= 15 is 0 Å². The van der Waals surface area contributed by atoms with E-state index < -0.39 is 0 Å². The van der Waals surface area contributed by atoms with Gasteiger partial charge in [-0.2, -0.15) is 0 Å². The molecule has 4 aromatic carbocycles. The number of hydrogen-bond donors (Lipinski definition) is 2. The van der Waals surface area contributed by atoms with Crippen molar-refractivity contribution >= 4 is 5.70 Å². The average Bonchev–Trinajstić information content (AvgIpc) is 2.85. The monoisotopic (exact) mass is 388 g/mol. The fourth-order valence-electron chi connectivity index (χ4n) is 4.00. The van der Waals surface area contributed by atoms with Crippen molar-refractivity contribution in [3.8, 4) is 11.1 Å². The van der Waals surface area contributed by atoms with Gasteiger partial charge in [-0.15, -0.1) is 0 Å². The normalized spacial score (nSPS) is 18.3. The second-order valence-corrected chi connectivity index (χ2v) is 7.57. The molecule has 146 valence electrons. The van der Waals surface area contributed by atoms with Crippen LogP contribution in [0.25, 0.3) is 16.8 Å². The van der Waals surface area contributed by atoms with Crippen LogP contribution in [0.4, 0.5) is 0 Å². The van der Waals surface area contributed by atoms with E-state index in [2.05, 4.69) is 132 Å². The first-order chi connectivity index (χ1) is 14.9. The Morgan fingerprint density at radius 3 is 1.77 bits per heavy atom. The summed E-state index contributed by atoms with van der Waals surface area (Å²) in [5.41, 5.74) is 7.30. The van der Waals surface area contributed by atoms with Crippen LogP contribution in [0.5, 0.6) is 0 Å². The molecule has 0 saturated carbocycles. The van der Waals surface area contributed by atoms with Crippen molar-refractivity contribution < 1.29 is 0 Å². The van der Waals surface area contributed by atoms with Crippen molar-refractivity contribution in [2.75, 3.05) is 0 Å². The van der Waals surface area contributed by atoms with Crippen molar-refractivity contribution in [2.24, 2.45) is 0 Å². The topological polar surface area (TPSA) is 24.1 Å². The van der Waals surface area contributed by atoms with E-state index in [0.717, 1.165) is 5.70 Å². The highest BCUT2D eigenvalue weighted by Gasteiger charge is 2.24. The second-order valence-electron chi connectivity index (χ2n) is 7.57. The summed E-state index contributed by atoms with van der Waals surface area (Å²) in [6.45, 7) is 0. The maximum Gasteiger partial charge on any atom is 0.104 e. The SMILES string of the molecule is C1=C(c2ccccc2)NC(c2ccccc2)NC1c1cccc(-c2ccccc2)c1. The average molecular weight is 389 g/mol. The number of benzene rings is 4. The fourth-order valence-corrected chi connectivity index (χ4v) is 4.00. The third-order valence-electron chi connectivity index (χ3n) is 5.55. The minimum atomic E-state index is 0.0387. The summed E-state index contributed by atoms with van der Waals surface area (Å²) < 4.78 is 0. The zero-order valence-electron chi connectivity index (χ0n) is 16.7. The van der Waals surface area contributed by atoms with Crippen LogP contribution < -0.4 is 10.6 Å². The first kappa shape index (κ1) is 18.4. The summed E-state index contributed by atoms with van der Waals surface area (Å²) in [5.74, 6) is 0. The summed E-state index contributed by atoms with van der Waals surface area (Å²) in [6.07, 6.45) is 2.33. The van der Waals surface area contributed by atoms with E-state index in [4.69, 9.17) is 0 Å². The molecule has 0 aromatic heterocycles. The molecular formula is C28H24N2.